The smallest absolute Gasteiger partial charge is 0.125 e. The Morgan fingerprint density at radius 1 is 1.24 bits per heavy atom. The van der Waals surface area contributed by atoms with Crippen LogP contribution in [0.4, 0.5) is 0 Å². The summed E-state index contributed by atoms with van der Waals surface area (Å²) in [6, 6.07) is 8.17. The normalized spacial score (nSPS) is 22.8. The van der Waals surface area contributed by atoms with Crippen molar-refractivity contribution in [1.29, 1.82) is 0 Å². The Morgan fingerprint density at radius 2 is 1.88 bits per heavy atom. The van der Waals surface area contributed by atoms with Crippen LogP contribution in [0, 0.1) is 0 Å². The van der Waals surface area contributed by atoms with Crippen LogP contribution in [0.25, 0.3) is 0 Å². The zero-order valence-corrected chi connectivity index (χ0v) is 11.4. The van der Waals surface area contributed by atoms with Crippen molar-refractivity contribution in [2.75, 3.05) is 0 Å². The van der Waals surface area contributed by atoms with Gasteiger partial charge in [-0.15, -0.1) is 0 Å². The molecule has 0 aliphatic carbocycles. The molecule has 2 rings (SSSR count). The van der Waals surface area contributed by atoms with Crippen LogP contribution < -0.4 is 4.74 Å². The first-order valence-electron chi connectivity index (χ1n) is 6.23. The van der Waals surface area contributed by atoms with E-state index in [1.54, 1.807) is 0 Å². The molecule has 0 amide bonds. The van der Waals surface area contributed by atoms with Crippen LogP contribution in [-0.4, -0.2) is 11.2 Å². The Kier molecular flexibility index (Phi) is 2.94. The highest BCUT2D eigenvalue weighted by Crippen LogP contribution is 2.42. The van der Waals surface area contributed by atoms with E-state index in [2.05, 4.69) is 40.7 Å². The minimum atomic E-state index is -0.162. The fourth-order valence-electron chi connectivity index (χ4n) is 2.27. The Labute approximate surface area is 104 Å². The number of ether oxygens (including phenoxy) is 2. The highest BCUT2D eigenvalue weighted by atomic mass is 16.5. The lowest BCUT2D eigenvalue weighted by atomic mass is 9.91. The molecule has 0 bridgehead atoms. The van der Waals surface area contributed by atoms with Crippen molar-refractivity contribution < 1.29 is 9.47 Å². The zero-order chi connectivity index (χ0) is 12.7. The summed E-state index contributed by atoms with van der Waals surface area (Å²) in [6.07, 6.45) is 1.01. The molecule has 94 valence electrons. The standard InChI is InChI=1S/C15H22O2/c1-14(2,3)16-13-10-15(4,5)17-12-9-7-6-8-11(12)13/h6-9,13H,10H2,1-5H3. The van der Waals surface area contributed by atoms with Gasteiger partial charge in [-0.1, -0.05) is 18.2 Å². The maximum absolute atomic E-state index is 6.16. The van der Waals surface area contributed by atoms with Gasteiger partial charge in [0.05, 0.1) is 11.7 Å². The van der Waals surface area contributed by atoms with Gasteiger partial charge in [-0.05, 0) is 40.7 Å². The largest absolute Gasteiger partial charge is 0.487 e. The number of hydrogen-bond donors (Lipinski definition) is 0. The molecule has 1 unspecified atom stereocenters. The Hall–Kier alpha value is -1.02. The second-order valence-corrected chi connectivity index (χ2v) is 6.32. The molecule has 0 N–H and O–H groups in total. The van der Waals surface area contributed by atoms with Gasteiger partial charge in [-0.2, -0.15) is 0 Å². The lowest BCUT2D eigenvalue weighted by molar-refractivity contribution is -0.100. The molecule has 1 aromatic rings. The first-order valence-corrected chi connectivity index (χ1v) is 6.23. The average molecular weight is 234 g/mol. The third kappa shape index (κ3) is 3.01. The van der Waals surface area contributed by atoms with Crippen LogP contribution in [0.15, 0.2) is 24.3 Å². The van der Waals surface area contributed by atoms with Crippen molar-refractivity contribution in [3.05, 3.63) is 29.8 Å². The summed E-state index contributed by atoms with van der Waals surface area (Å²) in [6.45, 7) is 10.5. The molecule has 1 atom stereocenters. The fourth-order valence-corrected chi connectivity index (χ4v) is 2.27. The maximum atomic E-state index is 6.16. The summed E-state index contributed by atoms with van der Waals surface area (Å²) in [5.41, 5.74) is 0.872. The predicted molar refractivity (Wildman–Crippen MR) is 69.3 cm³/mol. The van der Waals surface area contributed by atoms with Gasteiger partial charge >= 0.3 is 0 Å². The van der Waals surface area contributed by atoms with Crippen molar-refractivity contribution in [2.24, 2.45) is 0 Å². The molecule has 1 heterocycles. The van der Waals surface area contributed by atoms with Crippen molar-refractivity contribution in [2.45, 2.75) is 58.3 Å². The van der Waals surface area contributed by atoms with Crippen LogP contribution in [0.2, 0.25) is 0 Å². The molecule has 1 aliphatic heterocycles. The minimum absolute atomic E-state index is 0.120. The van der Waals surface area contributed by atoms with Gasteiger partial charge in [0.15, 0.2) is 0 Å². The molecule has 0 fully saturated rings. The summed E-state index contributed by atoms with van der Waals surface area (Å²) in [5.74, 6) is 0.956. The average Bonchev–Trinajstić information content (AvgIpc) is 2.13. The van der Waals surface area contributed by atoms with Gasteiger partial charge in [0.25, 0.3) is 0 Å². The first kappa shape index (κ1) is 12.4. The van der Waals surface area contributed by atoms with Crippen LogP contribution in [0.5, 0.6) is 5.75 Å². The van der Waals surface area contributed by atoms with Gasteiger partial charge < -0.3 is 9.47 Å². The van der Waals surface area contributed by atoms with E-state index in [1.807, 2.05) is 18.2 Å². The number of para-hydroxylation sites is 1. The molecule has 0 radical (unpaired) electrons. The number of hydrogen-bond acceptors (Lipinski definition) is 2. The van der Waals surface area contributed by atoms with Crippen molar-refractivity contribution >= 4 is 0 Å². The SMILES string of the molecule is CC(C)(C)OC1CC(C)(C)Oc2ccccc21. The van der Waals surface area contributed by atoms with Gasteiger partial charge in [0.2, 0.25) is 0 Å². The first-order chi connectivity index (χ1) is 7.77. The summed E-state index contributed by atoms with van der Waals surface area (Å²) < 4.78 is 12.1. The van der Waals surface area contributed by atoms with Gasteiger partial charge in [-0.3, -0.25) is 0 Å². The monoisotopic (exact) mass is 234 g/mol. The number of benzene rings is 1. The molecule has 1 aliphatic rings. The summed E-state index contributed by atoms with van der Waals surface area (Å²) in [5, 5.41) is 0. The van der Waals surface area contributed by atoms with Gasteiger partial charge in [0.1, 0.15) is 11.4 Å². The Bertz CT molecular complexity index is 402. The summed E-state index contributed by atoms with van der Waals surface area (Å²) >= 11 is 0. The zero-order valence-electron chi connectivity index (χ0n) is 11.4. The second-order valence-electron chi connectivity index (χ2n) is 6.32. The van der Waals surface area contributed by atoms with Gasteiger partial charge in [-0.25, -0.2) is 0 Å². The van der Waals surface area contributed by atoms with Crippen LogP contribution in [-0.2, 0) is 4.74 Å². The van der Waals surface area contributed by atoms with E-state index in [0.717, 1.165) is 12.2 Å². The maximum Gasteiger partial charge on any atom is 0.125 e. The third-order valence-electron chi connectivity index (χ3n) is 2.82. The lowest BCUT2D eigenvalue weighted by Crippen LogP contribution is -2.37. The number of fused-ring (bicyclic) bond motifs is 1. The van der Waals surface area contributed by atoms with Crippen LogP contribution >= 0.6 is 0 Å². The topological polar surface area (TPSA) is 18.5 Å². The fraction of sp³-hybridized carbons (Fsp3) is 0.600. The molecule has 0 saturated carbocycles. The summed E-state index contributed by atoms with van der Waals surface area (Å²) in [7, 11) is 0. The molecule has 1 aromatic carbocycles. The van der Waals surface area contributed by atoms with Crippen LogP contribution in [0.1, 0.15) is 52.7 Å². The summed E-state index contributed by atoms with van der Waals surface area (Å²) in [4.78, 5) is 0. The molecular formula is C15H22O2. The van der Waals surface area contributed by atoms with E-state index in [0.29, 0.717) is 0 Å². The van der Waals surface area contributed by atoms with E-state index >= 15 is 0 Å². The highest BCUT2D eigenvalue weighted by molar-refractivity contribution is 5.37. The van der Waals surface area contributed by atoms with Crippen molar-refractivity contribution in [3.63, 3.8) is 0 Å². The molecule has 0 saturated heterocycles. The third-order valence-corrected chi connectivity index (χ3v) is 2.82. The molecule has 0 spiro atoms. The lowest BCUT2D eigenvalue weighted by Gasteiger charge is -2.39. The second kappa shape index (κ2) is 4.02. The van der Waals surface area contributed by atoms with E-state index in [1.165, 1.54) is 5.56 Å². The molecule has 0 aromatic heterocycles. The van der Waals surface area contributed by atoms with E-state index < -0.39 is 0 Å². The predicted octanol–water partition coefficient (Wildman–Crippen LogP) is 4.10. The van der Waals surface area contributed by atoms with E-state index in [9.17, 15) is 0 Å². The van der Waals surface area contributed by atoms with Crippen molar-refractivity contribution in [1.82, 2.24) is 0 Å². The molecule has 2 nitrogen and oxygen atoms in total. The van der Waals surface area contributed by atoms with E-state index in [4.69, 9.17) is 9.47 Å². The quantitative estimate of drug-likeness (QED) is 0.728. The number of rotatable bonds is 1. The molecular weight excluding hydrogens is 212 g/mol. The van der Waals surface area contributed by atoms with Gasteiger partial charge in [0, 0.05) is 12.0 Å². The minimum Gasteiger partial charge on any atom is -0.487 e. The van der Waals surface area contributed by atoms with Crippen molar-refractivity contribution in [3.8, 4) is 5.75 Å². The van der Waals surface area contributed by atoms with E-state index in [-0.39, 0.29) is 17.3 Å². The molecule has 2 heteroatoms. The Balaban J connectivity index is 2.33. The Morgan fingerprint density at radius 3 is 2.53 bits per heavy atom. The molecule has 17 heavy (non-hydrogen) atoms. The highest BCUT2D eigenvalue weighted by Gasteiger charge is 2.35. The van der Waals surface area contributed by atoms with Crippen LogP contribution in [0.3, 0.4) is 0 Å².